The molecule has 0 bridgehead atoms. The predicted octanol–water partition coefficient (Wildman–Crippen LogP) is 2.35. The van der Waals surface area contributed by atoms with Crippen molar-refractivity contribution in [2.24, 2.45) is 5.92 Å². The van der Waals surface area contributed by atoms with Gasteiger partial charge in [0.15, 0.2) is 0 Å². The van der Waals surface area contributed by atoms with Crippen LogP contribution in [0.3, 0.4) is 0 Å². The zero-order valence-corrected chi connectivity index (χ0v) is 16.1. The smallest absolute Gasteiger partial charge is 0.282 e. The van der Waals surface area contributed by atoms with Gasteiger partial charge in [-0.3, -0.25) is 24.5 Å². The number of anilines is 1. The number of nitrogens with one attached hydrogen (secondary N) is 3. The Hall–Kier alpha value is -3.75. The fourth-order valence-electron chi connectivity index (χ4n) is 2.37. The van der Waals surface area contributed by atoms with E-state index in [4.69, 9.17) is 0 Å². The second-order valence-electron chi connectivity index (χ2n) is 6.51. The molecule has 2 rings (SSSR count). The summed E-state index contributed by atoms with van der Waals surface area (Å²) in [6.45, 7) is 3.83. The third-order valence-corrected chi connectivity index (χ3v) is 3.98. The molecule has 3 amide bonds. The zero-order chi connectivity index (χ0) is 21.4. The van der Waals surface area contributed by atoms with E-state index in [1.54, 1.807) is 38.1 Å². The highest BCUT2D eigenvalue weighted by Gasteiger charge is 2.18. The van der Waals surface area contributed by atoms with Crippen molar-refractivity contribution in [1.29, 1.82) is 0 Å². The van der Waals surface area contributed by atoms with Crippen LogP contribution in [0.2, 0.25) is 0 Å². The maximum absolute atomic E-state index is 12.1. The number of hydrogen-bond acceptors (Lipinski definition) is 5. The van der Waals surface area contributed by atoms with E-state index in [-0.39, 0.29) is 42.1 Å². The zero-order valence-electron chi connectivity index (χ0n) is 16.1. The van der Waals surface area contributed by atoms with Crippen LogP contribution in [-0.2, 0) is 4.79 Å². The molecule has 0 fully saturated rings. The topological polar surface area (TPSA) is 130 Å². The summed E-state index contributed by atoms with van der Waals surface area (Å²) < 4.78 is 0. The minimum Gasteiger partial charge on any atom is -0.350 e. The minimum atomic E-state index is -0.621. The van der Waals surface area contributed by atoms with Crippen LogP contribution in [0.15, 0.2) is 48.5 Å². The Labute approximate surface area is 167 Å². The maximum Gasteiger partial charge on any atom is 0.282 e. The van der Waals surface area contributed by atoms with Gasteiger partial charge in [0.25, 0.3) is 17.5 Å². The molecule has 2 aromatic rings. The third kappa shape index (κ3) is 6.13. The monoisotopic (exact) mass is 398 g/mol. The third-order valence-electron chi connectivity index (χ3n) is 3.98. The first-order valence-electron chi connectivity index (χ1n) is 9.00. The van der Waals surface area contributed by atoms with Gasteiger partial charge in [-0.15, -0.1) is 0 Å². The Morgan fingerprint density at radius 2 is 1.52 bits per heavy atom. The van der Waals surface area contributed by atoms with Gasteiger partial charge >= 0.3 is 0 Å². The molecule has 9 heteroatoms. The molecule has 0 aliphatic heterocycles. The van der Waals surface area contributed by atoms with Crippen molar-refractivity contribution in [2.45, 2.75) is 13.8 Å². The summed E-state index contributed by atoms with van der Waals surface area (Å²) in [5.74, 6) is -1.19. The second kappa shape index (κ2) is 9.98. The number of para-hydroxylation sites is 1. The second-order valence-corrected chi connectivity index (χ2v) is 6.51. The van der Waals surface area contributed by atoms with Crippen LogP contribution in [0.5, 0.6) is 0 Å². The molecule has 0 saturated heterocycles. The summed E-state index contributed by atoms with van der Waals surface area (Å²) in [5, 5.41) is 18.9. The van der Waals surface area contributed by atoms with Crippen molar-refractivity contribution in [3.63, 3.8) is 0 Å². The van der Waals surface area contributed by atoms with Crippen molar-refractivity contribution >= 4 is 29.1 Å². The van der Waals surface area contributed by atoms with Gasteiger partial charge in [-0.25, -0.2) is 0 Å². The molecule has 29 heavy (non-hydrogen) atoms. The molecule has 0 radical (unpaired) electrons. The van der Waals surface area contributed by atoms with E-state index in [0.717, 1.165) is 0 Å². The van der Waals surface area contributed by atoms with E-state index in [2.05, 4.69) is 16.0 Å². The first-order chi connectivity index (χ1) is 13.8. The van der Waals surface area contributed by atoms with E-state index < -0.39 is 10.8 Å². The average molecular weight is 398 g/mol. The van der Waals surface area contributed by atoms with Crippen LogP contribution < -0.4 is 16.0 Å². The molecule has 0 saturated carbocycles. The Bertz CT molecular complexity index is 909. The predicted molar refractivity (Wildman–Crippen MR) is 108 cm³/mol. The summed E-state index contributed by atoms with van der Waals surface area (Å²) in [6.07, 6.45) is 0. The van der Waals surface area contributed by atoms with Crippen molar-refractivity contribution in [3.8, 4) is 0 Å². The van der Waals surface area contributed by atoms with Crippen LogP contribution in [0.4, 0.5) is 11.4 Å². The first kappa shape index (κ1) is 21.5. The highest BCUT2D eigenvalue weighted by Crippen LogP contribution is 2.17. The number of nitrogens with zero attached hydrogens (tertiary/aromatic N) is 1. The average Bonchev–Trinajstić information content (AvgIpc) is 2.71. The lowest BCUT2D eigenvalue weighted by molar-refractivity contribution is -0.385. The summed E-state index contributed by atoms with van der Waals surface area (Å²) in [7, 11) is 0. The Balaban J connectivity index is 1.82. The fraction of sp³-hybridized carbons (Fsp3) is 0.250. The number of nitro benzene ring substituents is 1. The SMILES string of the molecule is CC(C)C(=O)Nc1ccc(C(=O)NCCNC(=O)c2ccccc2[N+](=O)[O-])cc1. The number of amides is 3. The molecule has 0 heterocycles. The number of nitro groups is 1. The van der Waals surface area contributed by atoms with Crippen LogP contribution in [0, 0.1) is 16.0 Å². The Kier molecular flexibility index (Phi) is 7.41. The molecular weight excluding hydrogens is 376 g/mol. The standard InChI is InChI=1S/C20H22N4O5/c1-13(2)18(25)23-15-9-7-14(8-10-15)19(26)21-11-12-22-20(27)16-5-3-4-6-17(16)24(28)29/h3-10,13H,11-12H2,1-2H3,(H,21,26)(H,22,27)(H,23,25). The van der Waals surface area contributed by atoms with Crippen molar-refractivity contribution < 1.29 is 19.3 Å². The number of carbonyl (C=O) groups excluding carboxylic acids is 3. The molecular formula is C20H22N4O5. The van der Waals surface area contributed by atoms with E-state index in [1.807, 2.05) is 0 Å². The fourth-order valence-corrected chi connectivity index (χ4v) is 2.37. The van der Waals surface area contributed by atoms with E-state index in [0.29, 0.717) is 11.3 Å². The molecule has 0 aliphatic rings. The molecule has 0 atom stereocenters. The van der Waals surface area contributed by atoms with E-state index in [9.17, 15) is 24.5 Å². The van der Waals surface area contributed by atoms with Crippen LogP contribution in [0.1, 0.15) is 34.6 Å². The van der Waals surface area contributed by atoms with E-state index in [1.165, 1.54) is 24.3 Å². The number of benzene rings is 2. The molecule has 0 aromatic heterocycles. The van der Waals surface area contributed by atoms with Gasteiger partial charge in [-0.2, -0.15) is 0 Å². The lowest BCUT2D eigenvalue weighted by atomic mass is 10.1. The van der Waals surface area contributed by atoms with Gasteiger partial charge in [0.2, 0.25) is 5.91 Å². The summed E-state index contributed by atoms with van der Waals surface area (Å²) in [5.41, 5.74) is 0.677. The van der Waals surface area contributed by atoms with Crippen LogP contribution in [-0.4, -0.2) is 35.7 Å². The Morgan fingerprint density at radius 1 is 0.931 bits per heavy atom. The van der Waals surface area contributed by atoms with E-state index >= 15 is 0 Å². The molecule has 2 aromatic carbocycles. The van der Waals surface area contributed by atoms with Gasteiger partial charge in [0.1, 0.15) is 5.56 Å². The normalized spacial score (nSPS) is 10.3. The van der Waals surface area contributed by atoms with Gasteiger partial charge in [-0.05, 0) is 30.3 Å². The van der Waals surface area contributed by atoms with Crippen LogP contribution >= 0.6 is 0 Å². The number of rotatable bonds is 8. The number of hydrogen-bond donors (Lipinski definition) is 3. The van der Waals surface area contributed by atoms with Crippen LogP contribution in [0.25, 0.3) is 0 Å². The molecule has 152 valence electrons. The number of carbonyl (C=O) groups is 3. The highest BCUT2D eigenvalue weighted by atomic mass is 16.6. The van der Waals surface area contributed by atoms with Gasteiger partial charge < -0.3 is 16.0 Å². The Morgan fingerprint density at radius 3 is 2.10 bits per heavy atom. The first-order valence-corrected chi connectivity index (χ1v) is 9.00. The summed E-state index contributed by atoms with van der Waals surface area (Å²) >= 11 is 0. The van der Waals surface area contributed by atoms with Gasteiger partial charge in [0, 0.05) is 36.3 Å². The highest BCUT2D eigenvalue weighted by molar-refractivity contribution is 5.98. The molecule has 0 spiro atoms. The van der Waals surface area contributed by atoms with Gasteiger partial charge in [-0.1, -0.05) is 26.0 Å². The molecule has 3 N–H and O–H groups in total. The van der Waals surface area contributed by atoms with Crippen molar-refractivity contribution in [1.82, 2.24) is 10.6 Å². The lowest BCUT2D eigenvalue weighted by Crippen LogP contribution is -2.34. The van der Waals surface area contributed by atoms with Crippen molar-refractivity contribution in [2.75, 3.05) is 18.4 Å². The minimum absolute atomic E-state index is 0.0390. The lowest BCUT2D eigenvalue weighted by Gasteiger charge is -2.09. The summed E-state index contributed by atoms with van der Waals surface area (Å²) in [6, 6.07) is 12.1. The quantitative estimate of drug-likeness (QED) is 0.357. The molecule has 9 nitrogen and oxygen atoms in total. The summed E-state index contributed by atoms with van der Waals surface area (Å²) in [4.78, 5) is 46.2. The van der Waals surface area contributed by atoms with Gasteiger partial charge in [0.05, 0.1) is 4.92 Å². The maximum atomic E-state index is 12.1. The molecule has 0 aliphatic carbocycles. The largest absolute Gasteiger partial charge is 0.350 e. The van der Waals surface area contributed by atoms with Crippen molar-refractivity contribution in [3.05, 3.63) is 69.8 Å². The molecule has 0 unspecified atom stereocenters.